The first-order valence-corrected chi connectivity index (χ1v) is 7.94. The molecule has 122 valence electrons. The van der Waals surface area contributed by atoms with E-state index >= 15 is 0 Å². The molecule has 0 radical (unpaired) electrons. The summed E-state index contributed by atoms with van der Waals surface area (Å²) in [5, 5.41) is 11.0. The van der Waals surface area contributed by atoms with Crippen LogP contribution in [0.3, 0.4) is 0 Å². The minimum Gasteiger partial charge on any atom is -0.507 e. The molecule has 2 aromatic carbocycles. The van der Waals surface area contributed by atoms with Crippen molar-refractivity contribution in [1.29, 1.82) is 0 Å². The van der Waals surface area contributed by atoms with E-state index in [0.717, 1.165) is 16.4 Å². The molecule has 0 aliphatic rings. The minimum atomic E-state index is -0.319. The lowest BCUT2D eigenvalue weighted by atomic mass is 10.0. The molecule has 0 aliphatic heterocycles. The van der Waals surface area contributed by atoms with Gasteiger partial charge in [0.2, 0.25) is 0 Å². The minimum absolute atomic E-state index is 0.0747. The molecule has 0 spiro atoms. The third-order valence-corrected chi connectivity index (χ3v) is 4.38. The zero-order valence-electron chi connectivity index (χ0n) is 13.6. The Hall–Kier alpha value is -3.40. The molecule has 4 rings (SSSR count). The number of ketones is 2. The van der Waals surface area contributed by atoms with Crippen LogP contribution >= 0.6 is 0 Å². The largest absolute Gasteiger partial charge is 0.507 e. The number of fused-ring (bicyclic) bond motifs is 3. The molecule has 25 heavy (non-hydrogen) atoms. The molecule has 4 nitrogen and oxygen atoms in total. The molecule has 0 saturated heterocycles. The van der Waals surface area contributed by atoms with Crippen LogP contribution in [0.4, 0.5) is 0 Å². The van der Waals surface area contributed by atoms with Crippen LogP contribution in [0, 0.1) is 0 Å². The molecule has 4 aromatic rings. The third-order valence-electron chi connectivity index (χ3n) is 4.38. The van der Waals surface area contributed by atoms with Crippen molar-refractivity contribution < 1.29 is 14.7 Å². The van der Waals surface area contributed by atoms with Crippen molar-refractivity contribution in [3.63, 3.8) is 0 Å². The summed E-state index contributed by atoms with van der Waals surface area (Å²) in [5.41, 5.74) is 2.75. The van der Waals surface area contributed by atoms with Crippen LogP contribution in [-0.4, -0.2) is 21.1 Å². The van der Waals surface area contributed by atoms with Gasteiger partial charge in [0.15, 0.2) is 11.6 Å². The molecule has 0 bridgehead atoms. The Kier molecular flexibility index (Phi) is 3.39. The maximum Gasteiger partial charge on any atom is 0.198 e. The van der Waals surface area contributed by atoms with Gasteiger partial charge in [-0.25, -0.2) is 0 Å². The Morgan fingerprint density at radius 2 is 1.60 bits per heavy atom. The molecule has 2 aromatic heterocycles. The lowest BCUT2D eigenvalue weighted by Gasteiger charge is -2.08. The van der Waals surface area contributed by atoms with Gasteiger partial charge in [-0.05, 0) is 37.3 Å². The second kappa shape index (κ2) is 5.60. The Labute approximate surface area is 144 Å². The molecule has 0 saturated carbocycles. The number of phenolic OH excluding ortho intramolecular Hbond substituents is 1. The molecule has 4 heteroatoms. The predicted molar refractivity (Wildman–Crippen MR) is 96.4 cm³/mol. The van der Waals surface area contributed by atoms with Gasteiger partial charge in [0, 0.05) is 22.7 Å². The maximum atomic E-state index is 12.9. The van der Waals surface area contributed by atoms with E-state index in [1.165, 1.54) is 13.0 Å². The number of benzene rings is 2. The van der Waals surface area contributed by atoms with Crippen molar-refractivity contribution in [3.8, 4) is 5.75 Å². The number of carbonyl (C=O) groups excluding carboxylic acids is 2. The highest BCUT2D eigenvalue weighted by molar-refractivity contribution is 6.13. The van der Waals surface area contributed by atoms with Crippen LogP contribution in [0.15, 0.2) is 66.9 Å². The Morgan fingerprint density at radius 3 is 2.36 bits per heavy atom. The van der Waals surface area contributed by atoms with Gasteiger partial charge in [-0.2, -0.15) is 0 Å². The highest BCUT2D eigenvalue weighted by Gasteiger charge is 2.18. The first-order valence-electron chi connectivity index (χ1n) is 7.94. The van der Waals surface area contributed by atoms with Crippen LogP contribution in [0.25, 0.3) is 16.4 Å². The fraction of sp³-hybridized carbons (Fsp3) is 0.0476. The van der Waals surface area contributed by atoms with E-state index in [1.54, 1.807) is 30.5 Å². The number of hydrogen-bond donors (Lipinski definition) is 1. The van der Waals surface area contributed by atoms with Crippen LogP contribution < -0.4 is 0 Å². The molecule has 0 amide bonds. The lowest BCUT2D eigenvalue weighted by Crippen LogP contribution is -2.07. The topological polar surface area (TPSA) is 58.8 Å². The van der Waals surface area contributed by atoms with Crippen molar-refractivity contribution in [1.82, 2.24) is 4.40 Å². The van der Waals surface area contributed by atoms with Gasteiger partial charge in [-0.1, -0.05) is 30.3 Å². The lowest BCUT2D eigenvalue weighted by molar-refractivity contribution is 0.101. The summed E-state index contributed by atoms with van der Waals surface area (Å²) < 4.78 is 1.86. The summed E-state index contributed by atoms with van der Waals surface area (Å²) >= 11 is 0. The molecule has 2 heterocycles. The smallest absolute Gasteiger partial charge is 0.198 e. The summed E-state index contributed by atoms with van der Waals surface area (Å²) in [7, 11) is 0. The van der Waals surface area contributed by atoms with Crippen molar-refractivity contribution >= 4 is 28.0 Å². The number of aromatic nitrogens is 1. The fourth-order valence-electron chi connectivity index (χ4n) is 3.16. The summed E-state index contributed by atoms with van der Waals surface area (Å²) in [6, 6.07) is 17.7. The average Bonchev–Trinajstić information content (AvgIpc) is 2.99. The number of para-hydroxylation sites is 2. The third kappa shape index (κ3) is 2.39. The van der Waals surface area contributed by atoms with Crippen molar-refractivity contribution in [2.75, 3.05) is 0 Å². The monoisotopic (exact) mass is 329 g/mol. The molecule has 1 N–H and O–H groups in total. The van der Waals surface area contributed by atoms with Crippen LogP contribution in [0.2, 0.25) is 0 Å². The second-order valence-corrected chi connectivity index (χ2v) is 6.00. The number of phenols is 1. The molecular weight excluding hydrogens is 314 g/mol. The van der Waals surface area contributed by atoms with Gasteiger partial charge in [0.25, 0.3) is 0 Å². The molecule has 0 aliphatic carbocycles. The average molecular weight is 329 g/mol. The fourth-order valence-corrected chi connectivity index (χ4v) is 3.16. The van der Waals surface area contributed by atoms with Crippen molar-refractivity contribution in [2.24, 2.45) is 0 Å². The highest BCUT2D eigenvalue weighted by Crippen LogP contribution is 2.27. The van der Waals surface area contributed by atoms with E-state index in [-0.39, 0.29) is 22.9 Å². The Morgan fingerprint density at radius 1 is 0.880 bits per heavy atom. The number of hydrogen-bond acceptors (Lipinski definition) is 3. The number of rotatable bonds is 3. The summed E-state index contributed by atoms with van der Waals surface area (Å²) in [5.74, 6) is -0.505. The van der Waals surface area contributed by atoms with E-state index in [4.69, 9.17) is 0 Å². The Balaban J connectivity index is 2.02. The number of Topliss-reactive ketones (excluding diaryl/α,β-unsaturated/α-hetero) is 1. The van der Waals surface area contributed by atoms with E-state index in [2.05, 4.69) is 0 Å². The Bertz CT molecular complexity index is 1150. The second-order valence-electron chi connectivity index (χ2n) is 6.00. The SMILES string of the molecule is CC(=O)c1cc(C(=O)c2ccccc2O)cn2c1cc1ccccc12. The quantitative estimate of drug-likeness (QED) is 0.572. The first-order chi connectivity index (χ1) is 12.1. The summed E-state index contributed by atoms with van der Waals surface area (Å²) in [6.07, 6.45) is 1.72. The van der Waals surface area contributed by atoms with Gasteiger partial charge in [-0.3, -0.25) is 9.59 Å². The normalized spacial score (nSPS) is 11.1. The number of carbonyl (C=O) groups is 2. The van der Waals surface area contributed by atoms with E-state index < -0.39 is 0 Å². The predicted octanol–water partition coefficient (Wildman–Crippen LogP) is 4.23. The van der Waals surface area contributed by atoms with Gasteiger partial charge in [-0.15, -0.1) is 0 Å². The number of aromatic hydroxyl groups is 1. The standard InChI is InChI=1S/C21H15NO3/c1-13(23)17-10-15(21(25)16-7-3-5-9-20(16)24)12-22-18-8-4-2-6-14(18)11-19(17)22/h2-12,24H,1H3. The maximum absolute atomic E-state index is 12.9. The summed E-state index contributed by atoms with van der Waals surface area (Å²) in [6.45, 7) is 1.49. The van der Waals surface area contributed by atoms with Crippen LogP contribution in [-0.2, 0) is 0 Å². The molecule has 0 fully saturated rings. The zero-order valence-corrected chi connectivity index (χ0v) is 13.6. The van der Waals surface area contributed by atoms with Crippen LogP contribution in [0.1, 0.15) is 33.2 Å². The summed E-state index contributed by atoms with van der Waals surface area (Å²) in [4.78, 5) is 25.0. The molecular formula is C21H15NO3. The zero-order chi connectivity index (χ0) is 17.6. The first kappa shape index (κ1) is 15.1. The van der Waals surface area contributed by atoms with Gasteiger partial charge in [0.1, 0.15) is 5.75 Å². The number of nitrogens with zero attached hydrogens (tertiary/aromatic N) is 1. The van der Waals surface area contributed by atoms with E-state index in [1.807, 2.05) is 34.7 Å². The van der Waals surface area contributed by atoms with Gasteiger partial charge >= 0.3 is 0 Å². The van der Waals surface area contributed by atoms with Gasteiger partial charge in [0.05, 0.1) is 16.6 Å². The van der Waals surface area contributed by atoms with Crippen molar-refractivity contribution in [3.05, 3.63) is 83.6 Å². The van der Waals surface area contributed by atoms with Crippen LogP contribution in [0.5, 0.6) is 5.75 Å². The van der Waals surface area contributed by atoms with Gasteiger partial charge < -0.3 is 9.51 Å². The number of pyridine rings is 1. The highest BCUT2D eigenvalue weighted by atomic mass is 16.3. The van der Waals surface area contributed by atoms with Crippen molar-refractivity contribution in [2.45, 2.75) is 6.92 Å². The van der Waals surface area contributed by atoms with E-state index in [9.17, 15) is 14.7 Å². The molecule has 0 atom stereocenters. The molecule has 0 unspecified atom stereocenters. The van der Waals surface area contributed by atoms with E-state index in [0.29, 0.717) is 11.1 Å².